The molecule has 3 rings (SSSR count). The summed E-state index contributed by atoms with van der Waals surface area (Å²) in [5.74, 6) is 0.889. The summed E-state index contributed by atoms with van der Waals surface area (Å²) in [7, 11) is -3.48. The number of para-hydroxylation sites is 1. The molecule has 0 atom stereocenters. The van der Waals surface area contributed by atoms with Crippen molar-refractivity contribution in [2.45, 2.75) is 58.4 Å². The Balaban J connectivity index is 1.76. The van der Waals surface area contributed by atoms with Gasteiger partial charge in [-0.15, -0.1) is 0 Å². The molecule has 0 spiro atoms. The molecular formula is C20H29N3O3S. The molecule has 0 bridgehead atoms. The second kappa shape index (κ2) is 8.02. The van der Waals surface area contributed by atoms with Crippen LogP contribution in [0.1, 0.15) is 41.8 Å². The van der Waals surface area contributed by atoms with Gasteiger partial charge in [-0.2, -0.15) is 9.40 Å². The number of ether oxygens (including phenoxy) is 1. The fraction of sp³-hybridized carbons (Fsp3) is 0.550. The summed E-state index contributed by atoms with van der Waals surface area (Å²) >= 11 is 0. The van der Waals surface area contributed by atoms with Gasteiger partial charge in [0.1, 0.15) is 17.3 Å². The second-order valence-electron chi connectivity index (χ2n) is 7.26. The summed E-state index contributed by atoms with van der Waals surface area (Å²) in [5.41, 5.74) is 3.43. The summed E-state index contributed by atoms with van der Waals surface area (Å²) in [6.07, 6.45) is 2.95. The van der Waals surface area contributed by atoms with Crippen LogP contribution in [0.15, 0.2) is 23.1 Å². The molecule has 7 heteroatoms. The molecule has 1 aliphatic heterocycles. The molecule has 0 radical (unpaired) electrons. The van der Waals surface area contributed by atoms with Crippen LogP contribution in [0.25, 0.3) is 0 Å². The van der Waals surface area contributed by atoms with Crippen molar-refractivity contribution in [3.05, 3.63) is 40.7 Å². The Kier molecular flexibility index (Phi) is 5.91. The maximum Gasteiger partial charge on any atom is 0.246 e. The zero-order valence-corrected chi connectivity index (χ0v) is 17.5. The Hall–Kier alpha value is -1.86. The van der Waals surface area contributed by atoms with Crippen molar-refractivity contribution in [3.8, 4) is 5.75 Å². The van der Waals surface area contributed by atoms with E-state index in [1.807, 2.05) is 39.0 Å². The largest absolute Gasteiger partial charge is 0.491 e. The second-order valence-corrected chi connectivity index (χ2v) is 9.13. The van der Waals surface area contributed by atoms with Gasteiger partial charge >= 0.3 is 0 Å². The maximum absolute atomic E-state index is 13.1. The molecule has 1 aromatic carbocycles. The Bertz CT molecular complexity index is 893. The number of aryl methyl sites for hydroxylation is 3. The fourth-order valence-electron chi connectivity index (χ4n) is 3.77. The van der Waals surface area contributed by atoms with Crippen molar-refractivity contribution < 1.29 is 13.2 Å². The smallest absolute Gasteiger partial charge is 0.246 e. The van der Waals surface area contributed by atoms with Crippen LogP contribution in [0.2, 0.25) is 0 Å². The van der Waals surface area contributed by atoms with E-state index in [1.54, 1.807) is 15.9 Å². The van der Waals surface area contributed by atoms with Gasteiger partial charge in [-0.1, -0.05) is 24.6 Å². The first-order chi connectivity index (χ1) is 12.8. The van der Waals surface area contributed by atoms with Gasteiger partial charge in [-0.05, 0) is 51.7 Å². The Labute approximate surface area is 162 Å². The van der Waals surface area contributed by atoms with E-state index in [9.17, 15) is 8.42 Å². The van der Waals surface area contributed by atoms with Crippen LogP contribution < -0.4 is 4.74 Å². The summed E-state index contributed by atoms with van der Waals surface area (Å²) < 4.78 is 35.4. The Morgan fingerprint density at radius 3 is 2.30 bits per heavy atom. The average molecular weight is 392 g/mol. The van der Waals surface area contributed by atoms with E-state index in [1.165, 1.54) is 0 Å². The highest BCUT2D eigenvalue weighted by Gasteiger charge is 2.31. The zero-order valence-electron chi connectivity index (χ0n) is 16.7. The number of piperidine rings is 1. The van der Waals surface area contributed by atoms with E-state index < -0.39 is 10.0 Å². The molecule has 0 N–H and O–H groups in total. The summed E-state index contributed by atoms with van der Waals surface area (Å²) in [6, 6.07) is 6.06. The molecule has 0 unspecified atom stereocenters. The topological polar surface area (TPSA) is 64.4 Å². The Morgan fingerprint density at radius 1 is 1.04 bits per heavy atom. The molecule has 2 heterocycles. The molecule has 0 saturated carbocycles. The normalized spacial score (nSPS) is 15.9. The van der Waals surface area contributed by atoms with Crippen molar-refractivity contribution in [2.75, 3.05) is 19.7 Å². The van der Waals surface area contributed by atoms with Crippen molar-refractivity contribution in [1.82, 2.24) is 14.1 Å². The van der Waals surface area contributed by atoms with E-state index in [2.05, 4.69) is 5.10 Å². The monoisotopic (exact) mass is 391 g/mol. The molecule has 6 nitrogen and oxygen atoms in total. The van der Waals surface area contributed by atoms with E-state index in [0.717, 1.165) is 36.1 Å². The maximum atomic E-state index is 13.1. The lowest BCUT2D eigenvalue weighted by Crippen LogP contribution is -2.36. The van der Waals surface area contributed by atoms with Crippen LogP contribution in [0.3, 0.4) is 0 Å². The number of hydrogen-bond donors (Lipinski definition) is 0. The predicted octanol–water partition coefficient (Wildman–Crippen LogP) is 3.37. The summed E-state index contributed by atoms with van der Waals surface area (Å²) in [5, 5.41) is 4.48. The van der Waals surface area contributed by atoms with Gasteiger partial charge in [0.15, 0.2) is 0 Å². The molecule has 1 fully saturated rings. The van der Waals surface area contributed by atoms with Crippen molar-refractivity contribution in [1.29, 1.82) is 0 Å². The highest BCUT2D eigenvalue weighted by Crippen LogP contribution is 2.26. The third kappa shape index (κ3) is 4.04. The van der Waals surface area contributed by atoms with Gasteiger partial charge in [0.05, 0.1) is 17.9 Å². The molecule has 0 amide bonds. The quantitative estimate of drug-likeness (QED) is 0.757. The third-order valence-electron chi connectivity index (χ3n) is 5.19. The van der Waals surface area contributed by atoms with Crippen molar-refractivity contribution in [3.63, 3.8) is 0 Å². The molecule has 27 heavy (non-hydrogen) atoms. The minimum Gasteiger partial charge on any atom is -0.491 e. The van der Waals surface area contributed by atoms with Crippen LogP contribution in [0, 0.1) is 27.7 Å². The average Bonchev–Trinajstić information content (AvgIpc) is 2.92. The number of benzene rings is 1. The van der Waals surface area contributed by atoms with Gasteiger partial charge < -0.3 is 4.74 Å². The molecule has 1 aromatic heterocycles. The van der Waals surface area contributed by atoms with Crippen LogP contribution >= 0.6 is 0 Å². The van der Waals surface area contributed by atoms with Gasteiger partial charge in [0, 0.05) is 13.1 Å². The first kappa shape index (κ1) is 19.9. The molecule has 1 aliphatic rings. The fourth-order valence-corrected chi connectivity index (χ4v) is 5.66. The summed E-state index contributed by atoms with van der Waals surface area (Å²) in [4.78, 5) is 0.358. The number of aromatic nitrogens is 2. The van der Waals surface area contributed by atoms with Crippen LogP contribution in [-0.2, 0) is 16.6 Å². The van der Waals surface area contributed by atoms with E-state index in [4.69, 9.17) is 4.74 Å². The van der Waals surface area contributed by atoms with Gasteiger partial charge in [-0.3, -0.25) is 4.68 Å². The minimum atomic E-state index is -3.48. The molecule has 2 aromatic rings. The van der Waals surface area contributed by atoms with Gasteiger partial charge in [-0.25, -0.2) is 8.42 Å². The van der Waals surface area contributed by atoms with Crippen LogP contribution in [0.4, 0.5) is 0 Å². The lowest BCUT2D eigenvalue weighted by molar-refractivity contribution is 0.286. The van der Waals surface area contributed by atoms with E-state index in [0.29, 0.717) is 42.5 Å². The number of nitrogens with zero attached hydrogens (tertiary/aromatic N) is 3. The highest BCUT2D eigenvalue weighted by molar-refractivity contribution is 7.89. The van der Waals surface area contributed by atoms with Crippen molar-refractivity contribution >= 4 is 10.0 Å². The molecule has 0 aliphatic carbocycles. The molecular weight excluding hydrogens is 362 g/mol. The molecule has 148 valence electrons. The van der Waals surface area contributed by atoms with Crippen LogP contribution in [-0.4, -0.2) is 42.2 Å². The minimum absolute atomic E-state index is 0.358. The van der Waals surface area contributed by atoms with E-state index in [-0.39, 0.29) is 0 Å². The SMILES string of the molecule is Cc1cccc(C)c1OCCn1nc(C)c(S(=O)(=O)N2CCCCC2)c1C. The first-order valence-corrected chi connectivity index (χ1v) is 11.0. The van der Waals surface area contributed by atoms with Crippen molar-refractivity contribution in [2.24, 2.45) is 0 Å². The number of hydrogen-bond acceptors (Lipinski definition) is 4. The van der Waals surface area contributed by atoms with Gasteiger partial charge in [0.2, 0.25) is 10.0 Å². The third-order valence-corrected chi connectivity index (χ3v) is 7.34. The standard InChI is InChI=1S/C20H29N3O3S/c1-15-9-8-10-16(2)19(15)26-14-13-23-18(4)20(17(3)21-23)27(24,25)22-11-6-5-7-12-22/h8-10H,5-7,11-14H2,1-4H3. The zero-order chi connectivity index (χ0) is 19.6. The number of rotatable bonds is 6. The summed E-state index contributed by atoms with van der Waals surface area (Å²) in [6.45, 7) is 9.79. The predicted molar refractivity (Wildman–Crippen MR) is 106 cm³/mol. The first-order valence-electron chi connectivity index (χ1n) is 9.55. The lowest BCUT2D eigenvalue weighted by atomic mass is 10.1. The highest BCUT2D eigenvalue weighted by atomic mass is 32.2. The van der Waals surface area contributed by atoms with Crippen LogP contribution in [0.5, 0.6) is 5.75 Å². The Morgan fingerprint density at radius 2 is 1.67 bits per heavy atom. The van der Waals surface area contributed by atoms with Gasteiger partial charge in [0.25, 0.3) is 0 Å². The van der Waals surface area contributed by atoms with E-state index >= 15 is 0 Å². The lowest BCUT2D eigenvalue weighted by Gasteiger charge is -2.26. The number of sulfonamides is 1. The molecule has 1 saturated heterocycles.